The van der Waals surface area contributed by atoms with Gasteiger partial charge in [0, 0.05) is 37.2 Å². The second kappa shape index (κ2) is 6.05. The van der Waals surface area contributed by atoms with Crippen LogP contribution in [0.2, 0.25) is 0 Å². The van der Waals surface area contributed by atoms with E-state index in [1.54, 1.807) is 6.20 Å². The molecule has 0 bridgehead atoms. The summed E-state index contributed by atoms with van der Waals surface area (Å²) in [6.07, 6.45) is 5.71. The maximum atomic E-state index is 4.25. The standard InChI is InChI=1S/C13H19N5/c1-3-14-13-8-12(4-5-16-13)15-6-7-18-10-11(2)9-17-18/h4-5,8-10H,3,6-7H2,1-2H3,(H2,14,15,16). The Morgan fingerprint density at radius 3 is 2.94 bits per heavy atom. The summed E-state index contributed by atoms with van der Waals surface area (Å²) in [5.74, 6) is 0.900. The molecule has 0 saturated heterocycles. The molecular weight excluding hydrogens is 226 g/mol. The summed E-state index contributed by atoms with van der Waals surface area (Å²) in [7, 11) is 0. The normalized spacial score (nSPS) is 10.3. The first-order chi connectivity index (χ1) is 8.78. The van der Waals surface area contributed by atoms with Crippen LogP contribution in [0.3, 0.4) is 0 Å². The molecule has 2 N–H and O–H groups in total. The Kier molecular flexibility index (Phi) is 4.17. The van der Waals surface area contributed by atoms with Crippen LogP contribution in [0.5, 0.6) is 0 Å². The maximum Gasteiger partial charge on any atom is 0.127 e. The average Bonchev–Trinajstić information content (AvgIpc) is 2.76. The van der Waals surface area contributed by atoms with Crippen molar-refractivity contribution in [2.45, 2.75) is 20.4 Å². The quantitative estimate of drug-likeness (QED) is 0.818. The SMILES string of the molecule is CCNc1cc(NCCn2cc(C)cn2)ccn1. The molecule has 2 heterocycles. The fourth-order valence-corrected chi connectivity index (χ4v) is 1.72. The van der Waals surface area contributed by atoms with Crippen molar-refractivity contribution in [2.24, 2.45) is 0 Å². The molecule has 0 radical (unpaired) electrons. The highest BCUT2D eigenvalue weighted by Gasteiger charge is 1.97. The number of rotatable bonds is 6. The number of nitrogens with one attached hydrogen (secondary N) is 2. The Balaban J connectivity index is 1.84. The largest absolute Gasteiger partial charge is 0.383 e. The molecule has 96 valence electrons. The van der Waals surface area contributed by atoms with Crippen molar-refractivity contribution >= 4 is 11.5 Å². The van der Waals surface area contributed by atoms with E-state index in [9.17, 15) is 0 Å². The summed E-state index contributed by atoms with van der Waals surface area (Å²) in [6.45, 7) is 6.68. The second-order valence-corrected chi connectivity index (χ2v) is 4.17. The molecule has 0 amide bonds. The van der Waals surface area contributed by atoms with Gasteiger partial charge in [0.1, 0.15) is 5.82 Å². The number of aromatic nitrogens is 3. The van der Waals surface area contributed by atoms with Crippen LogP contribution in [0.4, 0.5) is 11.5 Å². The molecule has 5 heteroatoms. The van der Waals surface area contributed by atoms with E-state index in [0.717, 1.165) is 31.1 Å². The van der Waals surface area contributed by atoms with Crippen molar-refractivity contribution in [1.29, 1.82) is 0 Å². The van der Waals surface area contributed by atoms with Gasteiger partial charge in [0.05, 0.1) is 12.7 Å². The van der Waals surface area contributed by atoms with Gasteiger partial charge >= 0.3 is 0 Å². The third-order valence-electron chi connectivity index (χ3n) is 2.55. The fourth-order valence-electron chi connectivity index (χ4n) is 1.72. The van der Waals surface area contributed by atoms with Gasteiger partial charge in [0.15, 0.2) is 0 Å². The van der Waals surface area contributed by atoms with Crippen molar-refractivity contribution in [3.05, 3.63) is 36.3 Å². The van der Waals surface area contributed by atoms with Crippen molar-refractivity contribution < 1.29 is 0 Å². The lowest BCUT2D eigenvalue weighted by atomic mass is 10.3. The maximum absolute atomic E-state index is 4.25. The molecule has 0 aliphatic carbocycles. The summed E-state index contributed by atoms with van der Waals surface area (Å²) in [4.78, 5) is 4.23. The topological polar surface area (TPSA) is 54.8 Å². The minimum Gasteiger partial charge on any atom is -0.383 e. The Labute approximate surface area is 107 Å². The minimum atomic E-state index is 0.844. The number of hydrogen-bond donors (Lipinski definition) is 2. The molecule has 2 rings (SSSR count). The van der Waals surface area contributed by atoms with Crippen LogP contribution in [0, 0.1) is 6.92 Å². The molecule has 0 atom stereocenters. The Bertz CT molecular complexity index is 492. The predicted molar refractivity (Wildman–Crippen MR) is 73.9 cm³/mol. The summed E-state index contributed by atoms with van der Waals surface area (Å²) < 4.78 is 1.94. The van der Waals surface area contributed by atoms with Crippen molar-refractivity contribution in [3.63, 3.8) is 0 Å². The summed E-state index contributed by atoms with van der Waals surface area (Å²) in [6, 6.07) is 3.98. The van der Waals surface area contributed by atoms with Gasteiger partial charge in [-0.05, 0) is 25.5 Å². The minimum absolute atomic E-state index is 0.844. The molecule has 5 nitrogen and oxygen atoms in total. The van der Waals surface area contributed by atoms with Gasteiger partial charge in [-0.2, -0.15) is 5.10 Å². The highest BCUT2D eigenvalue weighted by molar-refractivity contribution is 5.51. The van der Waals surface area contributed by atoms with Gasteiger partial charge < -0.3 is 10.6 Å². The van der Waals surface area contributed by atoms with E-state index in [1.807, 2.05) is 36.1 Å². The van der Waals surface area contributed by atoms with Crippen LogP contribution < -0.4 is 10.6 Å². The van der Waals surface area contributed by atoms with E-state index < -0.39 is 0 Å². The van der Waals surface area contributed by atoms with Gasteiger partial charge in [0.25, 0.3) is 0 Å². The lowest BCUT2D eigenvalue weighted by molar-refractivity contribution is 0.637. The van der Waals surface area contributed by atoms with Crippen molar-refractivity contribution in [3.8, 4) is 0 Å². The van der Waals surface area contributed by atoms with Crippen LogP contribution in [-0.2, 0) is 6.54 Å². The highest BCUT2D eigenvalue weighted by atomic mass is 15.3. The molecule has 0 spiro atoms. The monoisotopic (exact) mass is 245 g/mol. The van der Waals surface area contributed by atoms with E-state index in [4.69, 9.17) is 0 Å². The fraction of sp³-hybridized carbons (Fsp3) is 0.385. The second-order valence-electron chi connectivity index (χ2n) is 4.17. The number of anilines is 2. The zero-order chi connectivity index (χ0) is 12.8. The first-order valence-electron chi connectivity index (χ1n) is 6.21. The van der Waals surface area contributed by atoms with E-state index in [0.29, 0.717) is 0 Å². The molecule has 0 unspecified atom stereocenters. The van der Waals surface area contributed by atoms with Crippen LogP contribution in [-0.4, -0.2) is 27.9 Å². The van der Waals surface area contributed by atoms with Gasteiger partial charge in [-0.25, -0.2) is 4.98 Å². The number of hydrogen-bond acceptors (Lipinski definition) is 4. The molecular formula is C13H19N5. The molecule has 0 aliphatic rings. The van der Waals surface area contributed by atoms with E-state index in [1.165, 1.54) is 5.56 Å². The van der Waals surface area contributed by atoms with Gasteiger partial charge in [-0.15, -0.1) is 0 Å². The van der Waals surface area contributed by atoms with Gasteiger partial charge in [-0.3, -0.25) is 4.68 Å². The zero-order valence-corrected chi connectivity index (χ0v) is 10.8. The molecule has 0 fully saturated rings. The Morgan fingerprint density at radius 1 is 1.33 bits per heavy atom. The molecule has 0 aliphatic heterocycles. The smallest absolute Gasteiger partial charge is 0.127 e. The van der Waals surface area contributed by atoms with Crippen LogP contribution >= 0.6 is 0 Å². The third kappa shape index (κ3) is 3.48. The Hall–Kier alpha value is -2.04. The first kappa shape index (κ1) is 12.4. The summed E-state index contributed by atoms with van der Waals surface area (Å²) in [5, 5.41) is 10.8. The molecule has 0 saturated carbocycles. The van der Waals surface area contributed by atoms with Gasteiger partial charge in [0.2, 0.25) is 0 Å². The zero-order valence-electron chi connectivity index (χ0n) is 10.8. The van der Waals surface area contributed by atoms with Crippen LogP contribution in [0.1, 0.15) is 12.5 Å². The van der Waals surface area contributed by atoms with Gasteiger partial charge in [-0.1, -0.05) is 0 Å². The van der Waals surface area contributed by atoms with Crippen molar-refractivity contribution in [1.82, 2.24) is 14.8 Å². The van der Waals surface area contributed by atoms with E-state index >= 15 is 0 Å². The summed E-state index contributed by atoms with van der Waals surface area (Å²) >= 11 is 0. The van der Waals surface area contributed by atoms with Crippen molar-refractivity contribution in [2.75, 3.05) is 23.7 Å². The third-order valence-corrected chi connectivity index (χ3v) is 2.55. The number of aryl methyl sites for hydroxylation is 1. The number of nitrogens with zero attached hydrogens (tertiary/aromatic N) is 3. The lowest BCUT2D eigenvalue weighted by Gasteiger charge is -2.08. The van der Waals surface area contributed by atoms with E-state index in [2.05, 4.69) is 27.6 Å². The Morgan fingerprint density at radius 2 is 2.22 bits per heavy atom. The molecule has 18 heavy (non-hydrogen) atoms. The molecule has 2 aromatic rings. The van der Waals surface area contributed by atoms with Crippen LogP contribution in [0.25, 0.3) is 0 Å². The summed E-state index contributed by atoms with van der Waals surface area (Å²) in [5.41, 5.74) is 2.26. The van der Waals surface area contributed by atoms with Crippen LogP contribution in [0.15, 0.2) is 30.7 Å². The predicted octanol–water partition coefficient (Wildman–Crippen LogP) is 2.13. The highest BCUT2D eigenvalue weighted by Crippen LogP contribution is 2.11. The number of pyridine rings is 1. The molecule has 0 aromatic carbocycles. The first-order valence-corrected chi connectivity index (χ1v) is 6.21. The molecule has 2 aromatic heterocycles. The lowest BCUT2D eigenvalue weighted by Crippen LogP contribution is -2.11. The average molecular weight is 245 g/mol. The van der Waals surface area contributed by atoms with E-state index in [-0.39, 0.29) is 0 Å².